The van der Waals surface area contributed by atoms with Crippen LogP contribution in [0.3, 0.4) is 0 Å². The van der Waals surface area contributed by atoms with Gasteiger partial charge in [0.05, 0.1) is 9.30 Å². The SMILES string of the molecule is [2H]C([2H])([2H])C([2H])([2H])OC(=O)Cl. The molecule has 0 aliphatic heterocycles. The first-order valence-corrected chi connectivity index (χ1v) is 1.43. The molecule has 0 spiro atoms. The monoisotopic (exact) mass is 113 g/mol. The van der Waals surface area contributed by atoms with Crippen LogP contribution in [0.15, 0.2) is 0 Å². The van der Waals surface area contributed by atoms with Gasteiger partial charge in [0.25, 0.3) is 0 Å². The number of rotatable bonds is 1. The third kappa shape index (κ3) is 3.76. The molecule has 0 saturated carbocycles. The molecule has 36 valence electrons. The molecule has 0 heterocycles. The van der Waals surface area contributed by atoms with Gasteiger partial charge < -0.3 is 4.74 Å². The predicted molar refractivity (Wildman–Crippen MR) is 22.9 cm³/mol. The van der Waals surface area contributed by atoms with E-state index in [0.29, 0.717) is 0 Å². The van der Waals surface area contributed by atoms with Crippen LogP contribution in [-0.4, -0.2) is 12.0 Å². The van der Waals surface area contributed by atoms with Gasteiger partial charge in [0.1, 0.15) is 0 Å². The zero-order valence-corrected chi connectivity index (χ0v) is 3.45. The summed E-state index contributed by atoms with van der Waals surface area (Å²) in [4.78, 5) is 9.96. The lowest BCUT2D eigenvalue weighted by Crippen LogP contribution is -1.89. The summed E-state index contributed by atoms with van der Waals surface area (Å²) in [7, 11) is 0. The number of carbonyl (C=O) groups is 1. The Balaban J connectivity index is 4.34. The van der Waals surface area contributed by atoms with E-state index in [-0.39, 0.29) is 0 Å². The van der Waals surface area contributed by atoms with Gasteiger partial charge in [-0.05, 0) is 6.85 Å². The highest BCUT2D eigenvalue weighted by molar-refractivity contribution is 6.61. The lowest BCUT2D eigenvalue weighted by atomic mass is 10.9. The fourth-order valence-electron chi connectivity index (χ4n) is 0.0401. The molecule has 3 heteroatoms. The molecule has 0 atom stereocenters. The third-order valence-corrected chi connectivity index (χ3v) is 0.208. The highest BCUT2D eigenvalue weighted by atomic mass is 35.5. The minimum absolute atomic E-state index is 1.48. The third-order valence-electron chi connectivity index (χ3n) is 0.131. The predicted octanol–water partition coefficient (Wildman–Crippen LogP) is 1.38. The number of halogens is 1. The van der Waals surface area contributed by atoms with Gasteiger partial charge in [-0.2, -0.15) is 0 Å². The molecule has 0 fully saturated rings. The van der Waals surface area contributed by atoms with Crippen LogP contribution in [-0.2, 0) is 4.74 Å². The molecule has 6 heavy (non-hydrogen) atoms. The largest absolute Gasteiger partial charge is 0.454 e. The summed E-state index contributed by atoms with van der Waals surface area (Å²) in [6, 6.07) is 0. The van der Waals surface area contributed by atoms with Gasteiger partial charge in [0, 0.05) is 15.7 Å². The van der Waals surface area contributed by atoms with E-state index in [4.69, 9.17) is 6.85 Å². The average Bonchev–Trinajstić information content (AvgIpc) is 1.56. The van der Waals surface area contributed by atoms with Crippen molar-refractivity contribution >= 4 is 17.0 Å². The Bertz CT molecular complexity index is 164. The zero-order valence-electron chi connectivity index (χ0n) is 7.69. The van der Waals surface area contributed by atoms with E-state index < -0.39 is 18.8 Å². The minimum atomic E-state index is -3.02. The van der Waals surface area contributed by atoms with E-state index in [2.05, 4.69) is 16.3 Å². The number of hydrogen-bond acceptors (Lipinski definition) is 2. The molecular weight excluding hydrogens is 103 g/mol. The van der Waals surface area contributed by atoms with Crippen molar-refractivity contribution in [1.82, 2.24) is 0 Å². The molecule has 0 bridgehead atoms. The fourth-order valence-corrected chi connectivity index (χ4v) is 0.0787. The van der Waals surface area contributed by atoms with Gasteiger partial charge in [-0.3, -0.25) is 0 Å². The van der Waals surface area contributed by atoms with Gasteiger partial charge in [0.2, 0.25) is 0 Å². The summed E-state index contributed by atoms with van der Waals surface area (Å²) in [6.45, 7) is -6.04. The Morgan fingerprint density at radius 1 is 2.50 bits per heavy atom. The van der Waals surface area contributed by atoms with Crippen LogP contribution in [0.5, 0.6) is 0 Å². The number of hydrogen-bond donors (Lipinski definition) is 0. The summed E-state index contributed by atoms with van der Waals surface area (Å²) in [5.74, 6) is 0. The van der Waals surface area contributed by atoms with Crippen LogP contribution in [0.2, 0.25) is 0 Å². The molecule has 0 radical (unpaired) electrons. The molecular formula is C3H5ClO2. The summed E-state index contributed by atoms with van der Waals surface area (Å²) in [6.07, 6.45) is 0. The molecule has 0 N–H and O–H groups in total. The maximum atomic E-state index is 9.96. The molecule has 0 aliphatic carbocycles. The number of carbonyl (C=O) groups excluding carboxylic acids is 1. The van der Waals surface area contributed by atoms with Gasteiger partial charge in [0.15, 0.2) is 0 Å². The first kappa shape index (κ1) is 1.37. The molecule has 0 aromatic rings. The second kappa shape index (κ2) is 2.97. The topological polar surface area (TPSA) is 26.3 Å². The summed E-state index contributed by atoms with van der Waals surface area (Å²) in [5, 5.41) is 0. The molecule has 0 saturated heterocycles. The van der Waals surface area contributed by atoms with E-state index in [9.17, 15) is 4.79 Å². The number of ether oxygens (including phenoxy) is 1. The van der Waals surface area contributed by atoms with Crippen molar-refractivity contribution in [2.75, 3.05) is 6.56 Å². The molecule has 0 aromatic heterocycles. The van der Waals surface area contributed by atoms with Crippen LogP contribution in [0.4, 0.5) is 4.79 Å². The van der Waals surface area contributed by atoms with Gasteiger partial charge in [-0.1, -0.05) is 0 Å². The van der Waals surface area contributed by atoms with Gasteiger partial charge in [-0.15, -0.1) is 0 Å². The van der Waals surface area contributed by atoms with Crippen LogP contribution in [0.25, 0.3) is 0 Å². The molecule has 0 aromatic carbocycles. The van der Waals surface area contributed by atoms with E-state index in [1.165, 1.54) is 0 Å². The first-order valence-electron chi connectivity index (χ1n) is 3.55. The van der Waals surface area contributed by atoms with E-state index in [0.717, 1.165) is 0 Å². The van der Waals surface area contributed by atoms with Crippen LogP contribution >= 0.6 is 11.6 Å². The average molecular weight is 114 g/mol. The normalized spacial score (nSPS) is 24.5. The van der Waals surface area contributed by atoms with Crippen molar-refractivity contribution in [3.63, 3.8) is 0 Å². The molecule has 0 unspecified atom stereocenters. The van der Waals surface area contributed by atoms with Crippen molar-refractivity contribution in [3.05, 3.63) is 0 Å². The van der Waals surface area contributed by atoms with Gasteiger partial charge >= 0.3 is 5.43 Å². The summed E-state index contributed by atoms with van der Waals surface area (Å²) < 4.78 is 36.7. The quantitative estimate of drug-likeness (QED) is 0.481. The Hall–Kier alpha value is -0.240. The summed E-state index contributed by atoms with van der Waals surface area (Å²) >= 11 is 4.62. The van der Waals surface area contributed by atoms with Crippen LogP contribution in [0.1, 0.15) is 13.7 Å². The van der Waals surface area contributed by atoms with Crippen LogP contribution in [0, 0.1) is 0 Å². The molecule has 0 aliphatic rings. The Labute approximate surface area is 48.1 Å². The van der Waals surface area contributed by atoms with E-state index >= 15 is 0 Å². The highest BCUT2D eigenvalue weighted by Crippen LogP contribution is 1.82. The summed E-state index contributed by atoms with van der Waals surface area (Å²) in [5.41, 5.74) is -1.48. The van der Waals surface area contributed by atoms with Crippen molar-refractivity contribution in [2.24, 2.45) is 0 Å². The second-order valence-electron chi connectivity index (χ2n) is 0.442. The van der Waals surface area contributed by atoms with Crippen molar-refractivity contribution in [1.29, 1.82) is 0 Å². The molecule has 0 amide bonds. The standard InChI is InChI=1S/C3H5ClO2/c1-2-6-3(4)5/h2H2,1H3/i1D3,2D2. The smallest absolute Gasteiger partial charge is 0.403 e. The van der Waals surface area contributed by atoms with Gasteiger partial charge in [-0.25, -0.2) is 4.79 Å². The van der Waals surface area contributed by atoms with E-state index in [1.54, 1.807) is 0 Å². The maximum Gasteiger partial charge on any atom is 0.403 e. The molecule has 2 nitrogen and oxygen atoms in total. The van der Waals surface area contributed by atoms with Crippen molar-refractivity contribution in [2.45, 2.75) is 6.85 Å². The van der Waals surface area contributed by atoms with Crippen molar-refractivity contribution < 1.29 is 16.4 Å². The Morgan fingerprint density at radius 3 is 3.33 bits per heavy atom. The Kier molecular flexibility index (Phi) is 0.678. The lowest BCUT2D eigenvalue weighted by molar-refractivity contribution is 0.180. The highest BCUT2D eigenvalue weighted by Gasteiger charge is 1.85. The Morgan fingerprint density at radius 2 is 3.17 bits per heavy atom. The van der Waals surface area contributed by atoms with Crippen LogP contribution < -0.4 is 0 Å². The maximum absolute atomic E-state index is 9.96. The zero-order chi connectivity index (χ0) is 9.28. The molecule has 0 rings (SSSR count). The fraction of sp³-hybridized carbons (Fsp3) is 0.667. The first-order chi connectivity index (χ1) is 4.67. The lowest BCUT2D eigenvalue weighted by Gasteiger charge is -1.86. The van der Waals surface area contributed by atoms with Crippen molar-refractivity contribution in [3.8, 4) is 0 Å². The minimum Gasteiger partial charge on any atom is -0.454 e. The van der Waals surface area contributed by atoms with E-state index in [1.807, 2.05) is 0 Å². The second-order valence-corrected chi connectivity index (χ2v) is 0.750.